The lowest BCUT2D eigenvalue weighted by Crippen LogP contribution is -2.41. The summed E-state index contributed by atoms with van der Waals surface area (Å²) in [6, 6.07) is 0. The summed E-state index contributed by atoms with van der Waals surface area (Å²) in [6.45, 7) is 8.17. The van der Waals surface area contributed by atoms with Gasteiger partial charge in [0.1, 0.15) is 19.6 Å². The van der Waals surface area contributed by atoms with Gasteiger partial charge in [-0.25, -0.2) is 0 Å². The zero-order chi connectivity index (χ0) is 8.74. The maximum atomic E-state index is 13.7. The second-order valence-corrected chi connectivity index (χ2v) is 3.20. The monoisotopic (exact) mass is 162 g/mol. The quantitative estimate of drug-likeness (QED) is 0.527. The van der Waals surface area contributed by atoms with Gasteiger partial charge in [0.05, 0.1) is 0 Å². The Morgan fingerprint density at radius 3 is 1.27 bits per heavy atom. The topological polar surface area (TPSA) is 0 Å². The molecule has 0 aromatic carbocycles. The fourth-order valence-electron chi connectivity index (χ4n) is 1.54. The van der Waals surface area contributed by atoms with Crippen LogP contribution in [0.3, 0.4) is 0 Å². The van der Waals surface area contributed by atoms with Gasteiger partial charge < -0.3 is 0 Å². The molecule has 0 rings (SSSR count). The molecule has 0 spiro atoms. The molecular formula is C9H21FN+. The first-order valence-electron chi connectivity index (χ1n) is 4.74. The second-order valence-electron chi connectivity index (χ2n) is 3.20. The van der Waals surface area contributed by atoms with Crippen molar-refractivity contribution in [3.8, 4) is 0 Å². The van der Waals surface area contributed by atoms with Gasteiger partial charge in [0, 0.05) is 0 Å². The average Bonchev–Trinajstić information content (AvgIpc) is 1.88. The first kappa shape index (κ1) is 10.9. The van der Waals surface area contributed by atoms with Crippen LogP contribution < -0.4 is 0 Å². The molecule has 0 radical (unpaired) electrons. The van der Waals surface area contributed by atoms with Crippen molar-refractivity contribution in [2.24, 2.45) is 0 Å². The van der Waals surface area contributed by atoms with Gasteiger partial charge in [-0.05, 0) is 23.7 Å². The van der Waals surface area contributed by atoms with E-state index in [4.69, 9.17) is 0 Å². The van der Waals surface area contributed by atoms with Gasteiger partial charge >= 0.3 is 0 Å². The van der Waals surface area contributed by atoms with Crippen LogP contribution >= 0.6 is 0 Å². The molecule has 0 atom stereocenters. The molecule has 0 heterocycles. The van der Waals surface area contributed by atoms with Gasteiger partial charge in [-0.3, -0.25) is 0 Å². The Kier molecular flexibility index (Phi) is 5.47. The van der Waals surface area contributed by atoms with Gasteiger partial charge in [0.2, 0.25) is 0 Å². The van der Waals surface area contributed by atoms with Crippen molar-refractivity contribution in [2.75, 3.05) is 19.6 Å². The minimum atomic E-state index is -0.219. The van der Waals surface area contributed by atoms with E-state index in [1.165, 1.54) is 0 Å². The molecule has 0 aromatic heterocycles. The standard InChI is InChI=1S/C9H21FN/c1-4-7-11(10,8-5-2)9-6-3/h4-9H2,1-3H3/q+1. The smallest absolute Gasteiger partial charge is 0.115 e. The Bertz CT molecular complexity index is 76.5. The molecule has 2 heteroatoms. The Morgan fingerprint density at radius 1 is 0.818 bits per heavy atom. The van der Waals surface area contributed by atoms with Gasteiger partial charge in [-0.15, -0.1) is 4.71 Å². The number of rotatable bonds is 6. The van der Waals surface area contributed by atoms with E-state index in [1.54, 1.807) is 0 Å². The van der Waals surface area contributed by atoms with E-state index in [2.05, 4.69) is 0 Å². The highest BCUT2D eigenvalue weighted by molar-refractivity contribution is 4.34. The van der Waals surface area contributed by atoms with Crippen LogP contribution in [0.15, 0.2) is 0 Å². The lowest BCUT2D eigenvalue weighted by molar-refractivity contribution is -1.06. The van der Waals surface area contributed by atoms with E-state index in [9.17, 15) is 4.48 Å². The minimum absolute atomic E-state index is 0.219. The van der Waals surface area contributed by atoms with Crippen LogP contribution in [0.25, 0.3) is 0 Å². The Labute approximate surface area is 69.7 Å². The SMILES string of the molecule is CCC[N+](F)(CCC)CCC. The molecule has 68 valence electrons. The molecule has 1 nitrogen and oxygen atoms in total. The summed E-state index contributed by atoms with van der Waals surface area (Å²) >= 11 is 0. The van der Waals surface area contributed by atoms with Crippen molar-refractivity contribution >= 4 is 0 Å². The minimum Gasteiger partial charge on any atom is -0.130 e. The number of quaternary nitrogens is 1. The first-order valence-corrected chi connectivity index (χ1v) is 4.74. The summed E-state index contributed by atoms with van der Waals surface area (Å²) in [5.74, 6) is 0. The molecule has 0 aliphatic rings. The van der Waals surface area contributed by atoms with Crippen LogP contribution in [0.4, 0.5) is 4.48 Å². The summed E-state index contributed by atoms with van der Waals surface area (Å²) in [5, 5.41) is 0. The van der Waals surface area contributed by atoms with Crippen molar-refractivity contribution in [1.29, 1.82) is 0 Å². The summed E-state index contributed by atoms with van der Waals surface area (Å²) in [6.07, 6.45) is 2.82. The highest BCUT2D eigenvalue weighted by Gasteiger charge is 2.24. The van der Waals surface area contributed by atoms with Crippen LogP contribution in [0.1, 0.15) is 40.0 Å². The molecule has 0 bridgehead atoms. The van der Waals surface area contributed by atoms with Crippen LogP contribution in [-0.4, -0.2) is 24.3 Å². The Morgan fingerprint density at radius 2 is 1.09 bits per heavy atom. The molecule has 0 saturated heterocycles. The van der Waals surface area contributed by atoms with E-state index in [0.29, 0.717) is 19.6 Å². The summed E-state index contributed by atoms with van der Waals surface area (Å²) in [5.41, 5.74) is 0. The summed E-state index contributed by atoms with van der Waals surface area (Å²) < 4.78 is 13.5. The molecule has 11 heavy (non-hydrogen) atoms. The third-order valence-electron chi connectivity index (χ3n) is 1.87. The molecule has 0 aliphatic carbocycles. The first-order chi connectivity index (χ1) is 5.18. The normalized spacial score (nSPS) is 12.0. The molecule has 0 unspecified atom stereocenters. The van der Waals surface area contributed by atoms with Crippen LogP contribution in [-0.2, 0) is 0 Å². The van der Waals surface area contributed by atoms with Crippen molar-refractivity contribution < 1.29 is 9.19 Å². The zero-order valence-electron chi connectivity index (χ0n) is 8.07. The molecule has 0 aliphatic heterocycles. The van der Waals surface area contributed by atoms with Crippen molar-refractivity contribution in [3.05, 3.63) is 0 Å². The van der Waals surface area contributed by atoms with Crippen LogP contribution in [0.5, 0.6) is 0 Å². The van der Waals surface area contributed by atoms with Crippen molar-refractivity contribution in [2.45, 2.75) is 40.0 Å². The van der Waals surface area contributed by atoms with E-state index in [1.807, 2.05) is 20.8 Å². The Balaban J connectivity index is 3.79. The number of hydrogen-bond acceptors (Lipinski definition) is 0. The van der Waals surface area contributed by atoms with E-state index in [0.717, 1.165) is 19.3 Å². The van der Waals surface area contributed by atoms with Gasteiger partial charge in [0.15, 0.2) is 0 Å². The molecule has 0 fully saturated rings. The van der Waals surface area contributed by atoms with Gasteiger partial charge in [-0.1, -0.05) is 20.8 Å². The van der Waals surface area contributed by atoms with Gasteiger partial charge in [0.25, 0.3) is 0 Å². The number of halogens is 1. The molecule has 0 aromatic rings. The third-order valence-corrected chi connectivity index (χ3v) is 1.87. The third kappa shape index (κ3) is 4.35. The lowest BCUT2D eigenvalue weighted by Gasteiger charge is -2.24. The summed E-state index contributed by atoms with van der Waals surface area (Å²) in [7, 11) is 0. The molecule has 0 amide bonds. The fourth-order valence-corrected chi connectivity index (χ4v) is 1.54. The predicted octanol–water partition coefficient (Wildman–Crippen LogP) is 2.92. The maximum absolute atomic E-state index is 13.7. The predicted molar refractivity (Wildman–Crippen MR) is 46.8 cm³/mol. The number of hydrogen-bond donors (Lipinski definition) is 0. The molecular weight excluding hydrogens is 141 g/mol. The zero-order valence-corrected chi connectivity index (χ0v) is 8.07. The molecule has 0 N–H and O–H groups in total. The molecule has 0 saturated carbocycles. The number of nitrogens with zero attached hydrogens (tertiary/aromatic N) is 1. The maximum Gasteiger partial charge on any atom is 0.115 e. The van der Waals surface area contributed by atoms with Crippen LogP contribution in [0, 0.1) is 0 Å². The largest absolute Gasteiger partial charge is 0.130 e. The Hall–Kier alpha value is -0.110. The van der Waals surface area contributed by atoms with Crippen molar-refractivity contribution in [3.63, 3.8) is 0 Å². The highest BCUT2D eigenvalue weighted by Crippen LogP contribution is 2.11. The van der Waals surface area contributed by atoms with E-state index < -0.39 is 0 Å². The van der Waals surface area contributed by atoms with Gasteiger partial charge in [-0.2, -0.15) is 0 Å². The highest BCUT2D eigenvalue weighted by atomic mass is 19.2. The van der Waals surface area contributed by atoms with Crippen LogP contribution in [0.2, 0.25) is 0 Å². The summed E-state index contributed by atoms with van der Waals surface area (Å²) in [4.78, 5) is 0. The second kappa shape index (κ2) is 5.53. The fraction of sp³-hybridized carbons (Fsp3) is 1.00. The average molecular weight is 162 g/mol. The van der Waals surface area contributed by atoms with Crippen molar-refractivity contribution in [1.82, 2.24) is 0 Å². The van der Waals surface area contributed by atoms with E-state index >= 15 is 0 Å². The lowest BCUT2D eigenvalue weighted by atomic mass is 10.3. The van der Waals surface area contributed by atoms with E-state index in [-0.39, 0.29) is 4.71 Å².